The van der Waals surface area contributed by atoms with Crippen molar-refractivity contribution in [2.24, 2.45) is 0 Å². The summed E-state index contributed by atoms with van der Waals surface area (Å²) in [6, 6.07) is 54.5. The molecule has 6 aromatic carbocycles. The van der Waals surface area contributed by atoms with E-state index >= 15 is 0 Å². The average Bonchev–Trinajstić information content (AvgIpc) is 3.85. The smallest absolute Gasteiger partial charge is 0.503 e. The molecule has 1 aliphatic heterocycles. The van der Waals surface area contributed by atoms with Gasteiger partial charge in [-0.05, 0) is 47.0 Å². The number of anilines is 3. The molecule has 254 valence electrons. The molecule has 0 saturated carbocycles. The Morgan fingerprint density at radius 1 is 0.660 bits per heavy atom. The molecule has 53 heavy (non-hydrogen) atoms. The van der Waals surface area contributed by atoms with Crippen molar-refractivity contribution in [2.45, 2.75) is 0 Å². The second-order valence-electron chi connectivity index (χ2n) is 13.1. The van der Waals surface area contributed by atoms with Crippen molar-refractivity contribution in [3.05, 3.63) is 164 Å². The fourth-order valence-electron chi connectivity index (χ4n) is 8.04. The van der Waals surface area contributed by atoms with Gasteiger partial charge in [0, 0.05) is 61.5 Å². The summed E-state index contributed by atoms with van der Waals surface area (Å²) >= 11 is 1.86. The summed E-state index contributed by atoms with van der Waals surface area (Å²) in [4.78, 5) is 11.9. The molecule has 11 rings (SSSR count). The van der Waals surface area contributed by atoms with Gasteiger partial charge in [0.15, 0.2) is 0 Å². The van der Waals surface area contributed by atoms with Crippen LogP contribution in [0.25, 0.3) is 47.5 Å². The number of para-hydroxylation sites is 1. The summed E-state index contributed by atoms with van der Waals surface area (Å²) in [6.45, 7) is 0. The Morgan fingerprint density at radius 2 is 1.43 bits per heavy atom. The number of aromatic nitrogens is 3. The zero-order valence-corrected chi connectivity index (χ0v) is 33.2. The average molecular weight is 914 g/mol. The Kier molecular flexibility index (Phi) is 7.64. The summed E-state index contributed by atoms with van der Waals surface area (Å²) in [5, 5.41) is 9.65. The van der Waals surface area contributed by atoms with Crippen molar-refractivity contribution >= 4 is 108 Å². The van der Waals surface area contributed by atoms with Gasteiger partial charge in [0.1, 0.15) is 13.6 Å². The van der Waals surface area contributed by atoms with Crippen molar-refractivity contribution in [2.75, 3.05) is 4.90 Å². The minimum Gasteiger partial charge on any atom is -0.503 e. The van der Waals surface area contributed by atoms with Gasteiger partial charge < -0.3 is 14.0 Å². The molecule has 0 N–H and O–H groups in total. The summed E-state index contributed by atoms with van der Waals surface area (Å²) in [5.41, 5.74) is 4.02. The molecule has 0 fully saturated rings. The minimum atomic E-state index is -2.73. The Morgan fingerprint density at radius 3 is 2.30 bits per heavy atom. The molecular weight excluding hydrogens is 887 g/mol. The van der Waals surface area contributed by atoms with Crippen LogP contribution >= 0.6 is 20.1 Å². The predicted molar refractivity (Wildman–Crippen MR) is 221 cm³/mol. The van der Waals surface area contributed by atoms with Crippen molar-refractivity contribution in [3.8, 4) is 11.5 Å². The zero-order valence-electron chi connectivity index (χ0n) is 27.9. The third kappa shape index (κ3) is 4.81. The van der Waals surface area contributed by atoms with Crippen LogP contribution in [-0.4, -0.2) is 22.1 Å². The number of rotatable bonds is 4. The number of pyridine rings is 2. The van der Waals surface area contributed by atoms with Crippen LogP contribution in [0.3, 0.4) is 0 Å². The quantitative estimate of drug-likeness (QED) is 0.0765. The van der Waals surface area contributed by atoms with E-state index in [1.54, 1.807) is 0 Å². The normalized spacial score (nSPS) is 15.2. The molecule has 10 aromatic rings. The number of imidazole rings is 1. The van der Waals surface area contributed by atoms with Gasteiger partial charge in [-0.15, -0.1) is 49.6 Å². The van der Waals surface area contributed by atoms with Gasteiger partial charge in [0.25, 0.3) is 0 Å². The fourth-order valence-corrected chi connectivity index (χ4v) is 15.1. The summed E-state index contributed by atoms with van der Waals surface area (Å²) in [6.07, 6.45) is 5.69. The van der Waals surface area contributed by atoms with Crippen molar-refractivity contribution in [1.29, 1.82) is 0 Å². The van der Waals surface area contributed by atoms with Gasteiger partial charge in [-0.25, -0.2) is 4.98 Å². The molecule has 5 heterocycles. The third-order valence-electron chi connectivity index (χ3n) is 10.3. The number of thiophene rings is 1. The summed E-state index contributed by atoms with van der Waals surface area (Å²) in [5.74, 6) is 2.04. The molecule has 0 radical (unpaired) electrons. The first kappa shape index (κ1) is 32.5. The fraction of sp³-hybridized carbons (Fsp3) is 0. The molecule has 0 aliphatic carbocycles. The van der Waals surface area contributed by atoms with E-state index in [0.29, 0.717) is 11.5 Å². The maximum atomic E-state index is 6.67. The van der Waals surface area contributed by atoms with Gasteiger partial charge >= 0.3 is 21.1 Å². The maximum absolute atomic E-state index is 6.67. The molecular formula is C44H27N4OPPtSSi. The predicted octanol–water partition coefficient (Wildman–Crippen LogP) is 9.42. The van der Waals surface area contributed by atoms with Crippen LogP contribution in [0, 0.1) is 12.1 Å². The molecule has 4 aromatic heterocycles. The Hall–Kier alpha value is -5.16. The maximum Gasteiger partial charge on any atom is 2.00 e. The van der Waals surface area contributed by atoms with Crippen LogP contribution in [0.2, 0.25) is 0 Å². The van der Waals surface area contributed by atoms with Crippen molar-refractivity contribution in [1.82, 2.24) is 14.4 Å². The Labute approximate surface area is 326 Å². The van der Waals surface area contributed by atoms with E-state index < -0.39 is 7.74 Å². The van der Waals surface area contributed by atoms with E-state index in [-0.39, 0.29) is 21.1 Å². The van der Waals surface area contributed by atoms with Crippen LogP contribution in [0.5, 0.6) is 11.5 Å². The van der Waals surface area contributed by atoms with Crippen LogP contribution in [-0.2, 0) is 21.1 Å². The molecule has 5 nitrogen and oxygen atoms in total. The zero-order chi connectivity index (χ0) is 34.4. The van der Waals surface area contributed by atoms with E-state index in [1.165, 1.54) is 35.7 Å². The van der Waals surface area contributed by atoms with Crippen LogP contribution in [0.4, 0.5) is 17.2 Å². The van der Waals surface area contributed by atoms with Gasteiger partial charge in [-0.3, -0.25) is 4.98 Å². The standard InChI is InChI=1S/C44H27N4OPSSi.Pt/c50-52(30-10-2-1-3-11-30)40-22-18-29(49-28-17-19-31-32-12-4-6-14-35(32)47-25-24-46-44(47)34(31)26-28)27-37(40)48(41-16-8-9-23-45-41)36-20-21-39-42(43(36)52)33-13-5-7-15-38(33)51-39;/h1-25H,50H2;/q-2;+2. The molecule has 1 aliphatic rings. The first-order valence-electron chi connectivity index (χ1n) is 17.1. The molecule has 2 unspecified atom stereocenters. The number of hydrogen-bond donors (Lipinski definition) is 0. The van der Waals surface area contributed by atoms with Crippen LogP contribution in [0.15, 0.2) is 152 Å². The Balaban J connectivity index is 0.00000349. The number of hydrogen-bond acceptors (Lipinski definition) is 5. The summed E-state index contributed by atoms with van der Waals surface area (Å²) < 4.78 is 11.4. The molecule has 2 atom stereocenters. The molecule has 0 spiro atoms. The van der Waals surface area contributed by atoms with Crippen LogP contribution in [0.1, 0.15) is 0 Å². The monoisotopic (exact) mass is 913 g/mol. The number of nitrogens with zero attached hydrogens (tertiary/aromatic N) is 4. The first-order chi connectivity index (χ1) is 25.7. The molecule has 9 heteroatoms. The largest absolute Gasteiger partial charge is 2.00 e. The van der Waals surface area contributed by atoms with Gasteiger partial charge in [-0.1, -0.05) is 101 Å². The third-order valence-corrected chi connectivity index (χ3v) is 18.0. The molecule has 0 saturated heterocycles. The van der Waals surface area contributed by atoms with Gasteiger partial charge in [0.2, 0.25) is 0 Å². The van der Waals surface area contributed by atoms with E-state index in [1.807, 2.05) is 48.1 Å². The van der Waals surface area contributed by atoms with E-state index in [0.717, 1.165) is 44.5 Å². The van der Waals surface area contributed by atoms with Crippen molar-refractivity contribution < 1.29 is 25.8 Å². The topological polar surface area (TPSA) is 42.7 Å². The number of benzene rings is 6. The SMILES string of the molecule is P[Si]1(c2ccccc2)c2ccc(Oc3[c-]c4c(cc3)c3ccccc3n3ccnc43)[c-]c2N(c2ccccn2)c2ccc3sc4ccccc4c3c21.[Pt+2]. The number of fused-ring (bicyclic) bond motifs is 12. The minimum absolute atomic E-state index is 0. The van der Waals surface area contributed by atoms with Crippen molar-refractivity contribution in [3.63, 3.8) is 0 Å². The second-order valence-corrected chi connectivity index (χ2v) is 20.0. The van der Waals surface area contributed by atoms with E-state index in [9.17, 15) is 0 Å². The summed E-state index contributed by atoms with van der Waals surface area (Å²) in [7, 11) is 0.691. The van der Waals surface area contributed by atoms with Crippen LogP contribution < -0.4 is 25.2 Å². The molecule has 0 bridgehead atoms. The number of ether oxygens (including phenoxy) is 1. The van der Waals surface area contributed by atoms with E-state index in [2.05, 4.69) is 145 Å². The van der Waals surface area contributed by atoms with E-state index in [4.69, 9.17) is 14.7 Å². The van der Waals surface area contributed by atoms with Gasteiger partial charge in [-0.2, -0.15) is 6.07 Å². The molecule has 0 amide bonds. The Bertz CT molecular complexity index is 3040. The first-order valence-corrected chi connectivity index (χ1v) is 21.7. The second kappa shape index (κ2) is 12.5. The van der Waals surface area contributed by atoms with Gasteiger partial charge in [0.05, 0.1) is 5.65 Å².